The van der Waals surface area contributed by atoms with Crippen molar-refractivity contribution in [3.63, 3.8) is 0 Å². The van der Waals surface area contributed by atoms with Gasteiger partial charge in [-0.15, -0.1) is 0 Å². The van der Waals surface area contributed by atoms with Gasteiger partial charge in [-0.3, -0.25) is 0 Å². The van der Waals surface area contributed by atoms with E-state index in [4.69, 9.17) is 4.74 Å². The van der Waals surface area contributed by atoms with Gasteiger partial charge >= 0.3 is 0 Å². The van der Waals surface area contributed by atoms with Gasteiger partial charge in [-0.05, 0) is 30.2 Å². The highest BCUT2D eigenvalue weighted by molar-refractivity contribution is 9.10. The minimum Gasteiger partial charge on any atom is -0.489 e. The van der Waals surface area contributed by atoms with Crippen molar-refractivity contribution in [1.82, 2.24) is 0 Å². The lowest BCUT2D eigenvalue weighted by Gasteiger charge is -2.12. The third-order valence-corrected chi connectivity index (χ3v) is 3.60. The van der Waals surface area contributed by atoms with Gasteiger partial charge in [0.25, 0.3) is 0 Å². The maximum absolute atomic E-state index is 9.33. The maximum atomic E-state index is 9.33. The fraction of sp³-hybridized carbons (Fsp3) is 0.200. The third-order valence-electron chi connectivity index (χ3n) is 2.75. The van der Waals surface area contributed by atoms with E-state index in [-0.39, 0.29) is 6.61 Å². The second kappa shape index (κ2) is 6.03. The molecule has 0 fully saturated rings. The molecule has 94 valence electrons. The molecular weight excluding hydrogens is 292 g/mol. The summed E-state index contributed by atoms with van der Waals surface area (Å²) < 4.78 is 6.75. The smallest absolute Gasteiger partial charge is 0.125 e. The van der Waals surface area contributed by atoms with Gasteiger partial charge in [0.15, 0.2) is 0 Å². The first-order chi connectivity index (χ1) is 8.70. The van der Waals surface area contributed by atoms with E-state index in [2.05, 4.69) is 15.9 Å². The molecular formula is C15H15BrO2. The number of rotatable bonds is 4. The van der Waals surface area contributed by atoms with E-state index in [1.807, 2.05) is 49.4 Å². The normalized spacial score (nSPS) is 10.4. The third kappa shape index (κ3) is 3.12. The van der Waals surface area contributed by atoms with Crippen molar-refractivity contribution in [3.05, 3.63) is 63.6 Å². The Hall–Kier alpha value is -1.32. The highest BCUT2D eigenvalue weighted by Gasteiger charge is 2.07. The highest BCUT2D eigenvalue weighted by Crippen LogP contribution is 2.27. The minimum atomic E-state index is -0.0248. The molecule has 0 aliphatic heterocycles. The molecule has 2 nitrogen and oxygen atoms in total. The highest BCUT2D eigenvalue weighted by atomic mass is 79.9. The summed E-state index contributed by atoms with van der Waals surface area (Å²) in [5, 5.41) is 9.33. The standard InChI is InChI=1S/C15H15BrO2/c1-11-7-15(13(9-17)8-14(11)16)18-10-12-5-3-2-4-6-12/h2-8,17H,9-10H2,1H3. The van der Waals surface area contributed by atoms with E-state index in [0.29, 0.717) is 6.61 Å². The second-order valence-electron chi connectivity index (χ2n) is 4.14. The zero-order valence-corrected chi connectivity index (χ0v) is 11.8. The molecule has 2 aromatic rings. The van der Waals surface area contributed by atoms with Crippen LogP contribution >= 0.6 is 15.9 Å². The van der Waals surface area contributed by atoms with E-state index in [9.17, 15) is 5.11 Å². The van der Waals surface area contributed by atoms with Crippen molar-refractivity contribution >= 4 is 15.9 Å². The van der Waals surface area contributed by atoms with Crippen molar-refractivity contribution in [3.8, 4) is 5.75 Å². The number of halogens is 1. The predicted octanol–water partition coefficient (Wildman–Crippen LogP) is 3.83. The lowest BCUT2D eigenvalue weighted by Crippen LogP contribution is -1.99. The molecule has 0 atom stereocenters. The molecule has 0 amide bonds. The van der Waals surface area contributed by atoms with Crippen LogP contribution < -0.4 is 4.74 Å². The number of aryl methyl sites for hydroxylation is 1. The Kier molecular flexibility index (Phi) is 4.39. The van der Waals surface area contributed by atoms with Gasteiger partial charge < -0.3 is 9.84 Å². The fourth-order valence-corrected chi connectivity index (χ4v) is 2.08. The van der Waals surface area contributed by atoms with Crippen molar-refractivity contribution < 1.29 is 9.84 Å². The van der Waals surface area contributed by atoms with E-state index >= 15 is 0 Å². The number of aliphatic hydroxyl groups excluding tert-OH is 1. The molecule has 0 saturated carbocycles. The molecule has 0 unspecified atom stereocenters. The molecule has 2 rings (SSSR count). The molecule has 0 aliphatic carbocycles. The predicted molar refractivity (Wildman–Crippen MR) is 75.6 cm³/mol. The van der Waals surface area contributed by atoms with Gasteiger partial charge in [0.2, 0.25) is 0 Å². The zero-order chi connectivity index (χ0) is 13.0. The van der Waals surface area contributed by atoms with E-state index in [1.165, 1.54) is 0 Å². The van der Waals surface area contributed by atoms with Crippen LogP contribution in [0.2, 0.25) is 0 Å². The number of ether oxygens (including phenoxy) is 1. The van der Waals surface area contributed by atoms with E-state index in [1.54, 1.807) is 0 Å². The van der Waals surface area contributed by atoms with Crippen LogP contribution in [0.5, 0.6) is 5.75 Å². The van der Waals surface area contributed by atoms with Crippen LogP contribution in [0.4, 0.5) is 0 Å². The Morgan fingerprint density at radius 3 is 2.56 bits per heavy atom. The first kappa shape index (κ1) is 13.1. The summed E-state index contributed by atoms with van der Waals surface area (Å²) in [6.45, 7) is 2.48. The first-order valence-electron chi connectivity index (χ1n) is 5.77. The Morgan fingerprint density at radius 1 is 1.17 bits per heavy atom. The molecule has 0 heterocycles. The Labute approximate surface area is 115 Å². The molecule has 0 aliphatic rings. The number of benzene rings is 2. The molecule has 3 heteroatoms. The summed E-state index contributed by atoms with van der Waals surface area (Å²) in [6.07, 6.45) is 0. The van der Waals surface area contributed by atoms with Gasteiger partial charge in [0.05, 0.1) is 6.61 Å². The van der Waals surface area contributed by atoms with Gasteiger partial charge in [0, 0.05) is 10.0 Å². The average Bonchev–Trinajstić information content (AvgIpc) is 2.41. The van der Waals surface area contributed by atoms with Gasteiger partial charge in [0.1, 0.15) is 12.4 Å². The van der Waals surface area contributed by atoms with Crippen LogP contribution in [0.1, 0.15) is 16.7 Å². The quantitative estimate of drug-likeness (QED) is 0.930. The lowest BCUT2D eigenvalue weighted by molar-refractivity contribution is 0.259. The summed E-state index contributed by atoms with van der Waals surface area (Å²) in [5.41, 5.74) is 3.00. The zero-order valence-electron chi connectivity index (χ0n) is 10.2. The number of hydrogen-bond acceptors (Lipinski definition) is 2. The van der Waals surface area contributed by atoms with E-state index < -0.39 is 0 Å². The average molecular weight is 307 g/mol. The summed E-state index contributed by atoms with van der Waals surface area (Å²) >= 11 is 3.45. The largest absolute Gasteiger partial charge is 0.489 e. The summed E-state index contributed by atoms with van der Waals surface area (Å²) in [4.78, 5) is 0. The Bertz CT molecular complexity index is 524. The molecule has 0 aromatic heterocycles. The fourth-order valence-electron chi connectivity index (χ4n) is 1.69. The Morgan fingerprint density at radius 2 is 1.89 bits per heavy atom. The monoisotopic (exact) mass is 306 g/mol. The van der Waals surface area contributed by atoms with Crippen molar-refractivity contribution in [2.75, 3.05) is 0 Å². The van der Waals surface area contributed by atoms with Crippen molar-refractivity contribution in [2.24, 2.45) is 0 Å². The Balaban J connectivity index is 2.16. The molecule has 0 radical (unpaired) electrons. The summed E-state index contributed by atoms with van der Waals surface area (Å²) in [6, 6.07) is 13.8. The summed E-state index contributed by atoms with van der Waals surface area (Å²) in [5.74, 6) is 0.738. The second-order valence-corrected chi connectivity index (χ2v) is 5.00. The van der Waals surface area contributed by atoms with Crippen molar-refractivity contribution in [1.29, 1.82) is 0 Å². The molecule has 18 heavy (non-hydrogen) atoms. The van der Waals surface area contributed by atoms with Crippen molar-refractivity contribution in [2.45, 2.75) is 20.1 Å². The van der Waals surface area contributed by atoms with E-state index in [0.717, 1.165) is 26.9 Å². The SMILES string of the molecule is Cc1cc(OCc2ccccc2)c(CO)cc1Br. The first-order valence-corrected chi connectivity index (χ1v) is 6.56. The van der Waals surface area contributed by atoms with Crippen LogP contribution in [-0.4, -0.2) is 5.11 Å². The number of hydrogen-bond donors (Lipinski definition) is 1. The molecule has 0 spiro atoms. The van der Waals surface area contributed by atoms with Crippen LogP contribution in [0.25, 0.3) is 0 Å². The topological polar surface area (TPSA) is 29.5 Å². The van der Waals surface area contributed by atoms with Crippen LogP contribution in [-0.2, 0) is 13.2 Å². The van der Waals surface area contributed by atoms with Crippen LogP contribution in [0.15, 0.2) is 46.9 Å². The number of aliphatic hydroxyl groups is 1. The van der Waals surface area contributed by atoms with Gasteiger partial charge in [-0.25, -0.2) is 0 Å². The van der Waals surface area contributed by atoms with Crippen LogP contribution in [0, 0.1) is 6.92 Å². The maximum Gasteiger partial charge on any atom is 0.125 e. The van der Waals surface area contributed by atoms with Gasteiger partial charge in [-0.2, -0.15) is 0 Å². The molecule has 1 N–H and O–H groups in total. The van der Waals surface area contributed by atoms with Gasteiger partial charge in [-0.1, -0.05) is 46.3 Å². The summed E-state index contributed by atoms with van der Waals surface area (Å²) in [7, 11) is 0. The molecule has 0 bridgehead atoms. The molecule has 0 saturated heterocycles. The molecule has 2 aromatic carbocycles. The minimum absolute atomic E-state index is 0.0248. The lowest BCUT2D eigenvalue weighted by atomic mass is 10.1. The van der Waals surface area contributed by atoms with Crippen LogP contribution in [0.3, 0.4) is 0 Å².